The van der Waals surface area contributed by atoms with Crippen molar-refractivity contribution in [1.82, 2.24) is 0 Å². The maximum Gasteiger partial charge on any atom is 0.315 e. The van der Waals surface area contributed by atoms with Crippen LogP contribution >= 0.6 is 0 Å². The second-order valence-electron chi connectivity index (χ2n) is 29.7. The van der Waals surface area contributed by atoms with Gasteiger partial charge in [-0.1, -0.05) is 85.6 Å². The first-order valence-electron chi connectivity index (χ1n) is 28.3. The number of rotatable bonds is 5. The van der Waals surface area contributed by atoms with Crippen molar-refractivity contribution in [3.05, 3.63) is 23.3 Å². The van der Waals surface area contributed by atoms with Gasteiger partial charge in [0.15, 0.2) is 0 Å². The Kier molecular flexibility index (Phi) is 11.7. The van der Waals surface area contributed by atoms with E-state index in [0.717, 1.165) is 11.1 Å². The van der Waals surface area contributed by atoms with Gasteiger partial charge in [-0.05, 0) is 191 Å². The van der Waals surface area contributed by atoms with Crippen LogP contribution in [0.15, 0.2) is 23.3 Å². The zero-order chi connectivity index (χ0) is 53.8. The third kappa shape index (κ3) is 6.21. The molecule has 0 radical (unpaired) electrons. The molecule has 0 aromatic rings. The molecule has 10 rings (SSSR count). The minimum absolute atomic E-state index is 0.107. The summed E-state index contributed by atoms with van der Waals surface area (Å²) in [5.41, 5.74) is -8.70. The summed E-state index contributed by atoms with van der Waals surface area (Å²) in [4.78, 5) is 56.3. The number of hydrogen-bond acceptors (Lipinski definition) is 10. The monoisotopic (exact) mass is 1020 g/mol. The summed E-state index contributed by atoms with van der Waals surface area (Å²) in [6.45, 7) is 24.3. The molecule has 0 aromatic heterocycles. The Hall–Kier alpha value is -2.84. The van der Waals surface area contributed by atoms with E-state index in [0.29, 0.717) is 89.9 Å². The predicted octanol–water partition coefficient (Wildman–Crippen LogP) is 8.96. The summed E-state index contributed by atoms with van der Waals surface area (Å²) >= 11 is 0. The van der Waals surface area contributed by atoms with E-state index in [9.17, 15) is 55.2 Å². The number of aliphatic carboxylic acids is 3. The molecule has 0 amide bonds. The molecule has 0 unspecified atom stereocenters. The molecule has 0 aromatic carbocycles. The molecular formula is C60H90O13. The van der Waals surface area contributed by atoms with E-state index in [1.54, 1.807) is 13.8 Å². The van der Waals surface area contributed by atoms with Gasteiger partial charge in [0, 0.05) is 11.8 Å². The first-order chi connectivity index (χ1) is 33.5. The van der Waals surface area contributed by atoms with E-state index in [4.69, 9.17) is 4.74 Å². The number of carboxylic acid groups (broad SMARTS) is 3. The molecule has 0 spiro atoms. The number of aliphatic hydroxyl groups is 5. The molecule has 0 bridgehead atoms. The van der Waals surface area contributed by atoms with Gasteiger partial charge < -0.3 is 45.6 Å². The van der Waals surface area contributed by atoms with Crippen LogP contribution in [0.4, 0.5) is 0 Å². The summed E-state index contributed by atoms with van der Waals surface area (Å²) in [5, 5.41) is 94.6. The maximum absolute atomic E-state index is 15.5. The zero-order valence-corrected chi connectivity index (χ0v) is 46.0. The van der Waals surface area contributed by atoms with Crippen LogP contribution in [0.2, 0.25) is 0 Å². The molecule has 0 heterocycles. The molecule has 0 saturated heterocycles. The summed E-state index contributed by atoms with van der Waals surface area (Å²) in [6.07, 6.45) is 5.69. The minimum Gasteiger partial charge on any atom is -0.481 e. The van der Waals surface area contributed by atoms with Crippen LogP contribution in [0.1, 0.15) is 186 Å². The molecule has 8 saturated carbocycles. The average molecular weight is 1020 g/mol. The second-order valence-corrected chi connectivity index (χ2v) is 29.7. The quantitative estimate of drug-likeness (QED) is 0.0949. The van der Waals surface area contributed by atoms with Gasteiger partial charge in [-0.15, -0.1) is 0 Å². The summed E-state index contributed by atoms with van der Waals surface area (Å²) in [7, 11) is 0. The Morgan fingerprint density at radius 1 is 0.534 bits per heavy atom. The Morgan fingerprint density at radius 2 is 1.01 bits per heavy atom. The first-order valence-corrected chi connectivity index (χ1v) is 28.3. The molecular weight excluding hydrogens is 929 g/mol. The third-order valence-electron chi connectivity index (χ3n) is 27.1. The highest BCUT2D eigenvalue weighted by molar-refractivity contribution is 5.81. The van der Waals surface area contributed by atoms with E-state index in [1.807, 2.05) is 27.7 Å². The van der Waals surface area contributed by atoms with E-state index >= 15 is 4.79 Å². The first kappa shape index (κ1) is 53.6. The van der Waals surface area contributed by atoms with Crippen LogP contribution in [0.3, 0.4) is 0 Å². The van der Waals surface area contributed by atoms with Crippen LogP contribution in [0.25, 0.3) is 0 Å². The normalized spacial score (nSPS) is 56.7. The van der Waals surface area contributed by atoms with E-state index in [-0.39, 0.29) is 30.6 Å². The maximum atomic E-state index is 15.5. The van der Waals surface area contributed by atoms with Gasteiger partial charge in [0.2, 0.25) is 0 Å². The fourth-order valence-electron chi connectivity index (χ4n) is 22.0. The number of hydrogen-bond donors (Lipinski definition) is 8. The Labute approximate surface area is 433 Å². The van der Waals surface area contributed by atoms with Gasteiger partial charge in [0.25, 0.3) is 0 Å². The highest BCUT2D eigenvalue weighted by Gasteiger charge is 2.77. The van der Waals surface area contributed by atoms with Crippen molar-refractivity contribution < 1.29 is 64.8 Å². The van der Waals surface area contributed by atoms with Gasteiger partial charge in [-0.2, -0.15) is 0 Å². The third-order valence-corrected chi connectivity index (χ3v) is 27.1. The molecule has 8 N–H and O–H groups in total. The predicted molar refractivity (Wildman–Crippen MR) is 271 cm³/mol. The molecule has 73 heavy (non-hydrogen) atoms. The van der Waals surface area contributed by atoms with E-state index < -0.39 is 143 Å². The molecule has 0 aliphatic heterocycles. The SMILES string of the molecule is C[C@@H]1CC[C@]2(C(=O)O)CC[C@]3(C)C(=CC[C@@H]4[C@@]5(C)C[C@@H](O)[C@@H](OC(=O)[C@@]6(C)[C@@H]7CC[C@]8(C)[C@H](CC=C9[C@@H]%10[C@H](O)C(C)(C)CC[C@]%10(C(=O)O)CC[C@]98C)[C@@]7(C)C[C@@H](O)[C@@H]6O)[C@](C)(C(=O)O)[C@@H]5CC[C@]43C)[C@@H]2[C@]1(C)O. The molecule has 408 valence electrons. The molecule has 8 fully saturated rings. The van der Waals surface area contributed by atoms with Crippen LogP contribution in [-0.2, 0) is 23.9 Å². The number of esters is 1. The van der Waals surface area contributed by atoms with Gasteiger partial charge in [-0.3, -0.25) is 19.2 Å². The molecule has 10 aliphatic carbocycles. The van der Waals surface area contributed by atoms with Crippen LogP contribution < -0.4 is 0 Å². The van der Waals surface area contributed by atoms with Gasteiger partial charge in [0.1, 0.15) is 11.5 Å². The lowest BCUT2D eigenvalue weighted by molar-refractivity contribution is -0.266. The molecule has 23 atom stereocenters. The number of carbonyl (C=O) groups excluding carboxylic acids is 1. The average Bonchev–Trinajstić information content (AvgIpc) is 3.29. The van der Waals surface area contributed by atoms with E-state index in [2.05, 4.69) is 53.7 Å². The fraction of sp³-hybridized carbons (Fsp3) is 0.867. The summed E-state index contributed by atoms with van der Waals surface area (Å²) in [5.74, 6) is -6.27. The Morgan fingerprint density at radius 3 is 1.55 bits per heavy atom. The van der Waals surface area contributed by atoms with Crippen LogP contribution in [0, 0.1) is 101 Å². The van der Waals surface area contributed by atoms with E-state index in [1.165, 1.54) is 0 Å². The standard InChI is InChI=1S/C60H90O13/c1-31-17-22-60(47(69)70)28-25-53(7)33(41(60)58(31,12)72)14-16-37-51(5)30-35(62)44(57(11,45(65)66)39(51)19-21-55(37,53)9)73-48(71)56(10)38-18-20-54(8)36(50(38,4)29-34(61)42(56)63)15-13-32-40-43(64)49(2,3)23-26-59(40,46(67)68)27-24-52(32,54)6/h13-14,31,34-44,61-64,72H,15-30H2,1-12H3,(H,65,66)(H,67,68)(H,69,70)/t31-,34-,35-,36-,37-,38-,39-,40-,41-,42+,43+,44-,50-,51-,52-,53-,54-,55-,56+,57-,58-,59+,60+/m1/s1. The number of aliphatic hydroxyl groups excluding tert-OH is 4. The lowest BCUT2D eigenvalue weighted by Crippen LogP contribution is -2.71. The fourth-order valence-corrected chi connectivity index (χ4v) is 22.0. The lowest BCUT2D eigenvalue weighted by atomic mass is 9.32. The zero-order valence-electron chi connectivity index (χ0n) is 46.0. The number of carboxylic acids is 3. The Balaban J connectivity index is 0.971. The highest BCUT2D eigenvalue weighted by Crippen LogP contribution is 2.79. The number of ether oxygens (including phenoxy) is 1. The topological polar surface area (TPSA) is 239 Å². The van der Waals surface area contributed by atoms with Crippen molar-refractivity contribution in [2.45, 2.75) is 222 Å². The summed E-state index contributed by atoms with van der Waals surface area (Å²) in [6, 6.07) is 0. The van der Waals surface area contributed by atoms with Crippen LogP contribution in [-0.4, -0.2) is 101 Å². The number of carbonyl (C=O) groups is 4. The molecule has 10 aliphatic rings. The van der Waals surface area contributed by atoms with Gasteiger partial charge >= 0.3 is 23.9 Å². The second kappa shape index (κ2) is 15.9. The van der Waals surface area contributed by atoms with Crippen molar-refractivity contribution in [2.75, 3.05) is 0 Å². The summed E-state index contributed by atoms with van der Waals surface area (Å²) < 4.78 is 6.58. The van der Waals surface area contributed by atoms with Crippen molar-refractivity contribution in [1.29, 1.82) is 0 Å². The van der Waals surface area contributed by atoms with Crippen molar-refractivity contribution >= 4 is 23.9 Å². The van der Waals surface area contributed by atoms with Gasteiger partial charge in [-0.25, -0.2) is 0 Å². The van der Waals surface area contributed by atoms with Crippen molar-refractivity contribution in [2.24, 2.45) is 101 Å². The minimum atomic E-state index is -1.76. The smallest absolute Gasteiger partial charge is 0.315 e. The molecule has 13 nitrogen and oxygen atoms in total. The van der Waals surface area contributed by atoms with Gasteiger partial charge in [0.05, 0.1) is 46.3 Å². The van der Waals surface area contributed by atoms with Crippen molar-refractivity contribution in [3.63, 3.8) is 0 Å². The van der Waals surface area contributed by atoms with Crippen LogP contribution in [0.5, 0.6) is 0 Å². The molecule has 13 heteroatoms. The van der Waals surface area contributed by atoms with Crippen molar-refractivity contribution in [3.8, 4) is 0 Å². The Bertz CT molecular complexity index is 2440. The lowest BCUT2D eigenvalue weighted by Gasteiger charge is -2.72. The number of fused-ring (bicyclic) bond motifs is 14. The number of allylic oxidation sites excluding steroid dienone is 2. The highest BCUT2D eigenvalue weighted by atomic mass is 16.6. The largest absolute Gasteiger partial charge is 0.481 e.